The first kappa shape index (κ1) is 18.9. The highest BCUT2D eigenvalue weighted by atomic mass is 35.5. The second kappa shape index (κ2) is 8.20. The van der Waals surface area contributed by atoms with Crippen LogP contribution in [0.5, 0.6) is 0 Å². The van der Waals surface area contributed by atoms with Crippen molar-refractivity contribution in [1.82, 2.24) is 19.7 Å². The standard InChI is InChI=1S/C17H18ClN5OS2/c1-4-23-16(13-8-25-11(3)10(13)2)21-22-17(23)26-9-15(24)20-14-6-5-12(18)7-19-14/h5-8H,4,9H2,1-3H3,(H,19,20,24). The van der Waals surface area contributed by atoms with Gasteiger partial charge in [-0.05, 0) is 38.5 Å². The number of thiophene rings is 1. The zero-order valence-electron chi connectivity index (χ0n) is 14.6. The lowest BCUT2D eigenvalue weighted by Gasteiger charge is -2.07. The number of carbonyl (C=O) groups excluding carboxylic acids is 1. The molecule has 3 aromatic rings. The summed E-state index contributed by atoms with van der Waals surface area (Å²) in [5.41, 5.74) is 2.32. The third-order valence-corrected chi connectivity index (χ3v) is 6.09. The van der Waals surface area contributed by atoms with Crippen LogP contribution < -0.4 is 5.32 Å². The largest absolute Gasteiger partial charge is 0.310 e. The van der Waals surface area contributed by atoms with Crippen LogP contribution in [-0.2, 0) is 11.3 Å². The van der Waals surface area contributed by atoms with Crippen LogP contribution in [0.4, 0.5) is 5.82 Å². The van der Waals surface area contributed by atoms with Crippen molar-refractivity contribution in [3.05, 3.63) is 39.2 Å². The Balaban J connectivity index is 1.69. The summed E-state index contributed by atoms with van der Waals surface area (Å²) < 4.78 is 2.03. The molecule has 3 rings (SSSR count). The molecule has 0 bridgehead atoms. The van der Waals surface area contributed by atoms with Crippen LogP contribution in [-0.4, -0.2) is 31.4 Å². The molecule has 9 heteroatoms. The molecule has 0 aliphatic heterocycles. The molecule has 0 fully saturated rings. The number of halogens is 1. The normalized spacial score (nSPS) is 10.9. The average Bonchev–Trinajstić information content (AvgIpc) is 3.18. The molecule has 26 heavy (non-hydrogen) atoms. The minimum atomic E-state index is -0.153. The fraction of sp³-hybridized carbons (Fsp3) is 0.294. The van der Waals surface area contributed by atoms with Crippen molar-refractivity contribution in [3.63, 3.8) is 0 Å². The summed E-state index contributed by atoms with van der Waals surface area (Å²) in [5, 5.41) is 14.7. The smallest absolute Gasteiger partial charge is 0.236 e. The van der Waals surface area contributed by atoms with Crippen molar-refractivity contribution in [2.45, 2.75) is 32.5 Å². The van der Waals surface area contributed by atoms with Gasteiger partial charge in [-0.15, -0.1) is 21.5 Å². The van der Waals surface area contributed by atoms with E-state index in [4.69, 9.17) is 11.6 Å². The van der Waals surface area contributed by atoms with E-state index in [1.54, 1.807) is 23.5 Å². The molecular weight excluding hydrogens is 390 g/mol. The fourth-order valence-electron chi connectivity index (χ4n) is 2.37. The Morgan fingerprint density at radius 2 is 2.15 bits per heavy atom. The molecule has 1 amide bonds. The fourth-order valence-corrected chi connectivity index (χ4v) is 4.15. The van der Waals surface area contributed by atoms with Gasteiger partial charge in [0.15, 0.2) is 11.0 Å². The Labute approximate surface area is 165 Å². The zero-order valence-corrected chi connectivity index (χ0v) is 17.0. The summed E-state index contributed by atoms with van der Waals surface area (Å²) in [6.45, 7) is 6.97. The van der Waals surface area contributed by atoms with Crippen LogP contribution in [0, 0.1) is 13.8 Å². The minimum Gasteiger partial charge on any atom is -0.310 e. The Morgan fingerprint density at radius 3 is 2.77 bits per heavy atom. The van der Waals surface area contributed by atoms with E-state index >= 15 is 0 Å². The predicted octanol–water partition coefficient (Wildman–Crippen LogP) is 4.42. The predicted molar refractivity (Wildman–Crippen MR) is 107 cm³/mol. The number of thioether (sulfide) groups is 1. The van der Waals surface area contributed by atoms with E-state index in [1.807, 2.05) is 11.5 Å². The van der Waals surface area contributed by atoms with Gasteiger partial charge < -0.3 is 9.88 Å². The molecule has 0 aliphatic rings. The van der Waals surface area contributed by atoms with E-state index in [-0.39, 0.29) is 11.7 Å². The number of anilines is 1. The molecule has 0 saturated carbocycles. The molecule has 3 heterocycles. The summed E-state index contributed by atoms with van der Waals surface area (Å²) in [7, 11) is 0. The molecule has 0 spiro atoms. The van der Waals surface area contributed by atoms with Crippen LogP contribution in [0.1, 0.15) is 17.4 Å². The first-order valence-corrected chi connectivity index (χ1v) is 10.3. The van der Waals surface area contributed by atoms with Crippen LogP contribution >= 0.6 is 34.7 Å². The van der Waals surface area contributed by atoms with E-state index < -0.39 is 0 Å². The molecular formula is C17H18ClN5OS2. The lowest BCUT2D eigenvalue weighted by atomic mass is 10.1. The topological polar surface area (TPSA) is 72.7 Å². The van der Waals surface area contributed by atoms with Gasteiger partial charge in [0, 0.05) is 28.6 Å². The number of nitrogens with zero attached hydrogens (tertiary/aromatic N) is 4. The molecule has 3 aromatic heterocycles. The van der Waals surface area contributed by atoms with Gasteiger partial charge in [0.05, 0.1) is 10.8 Å². The number of aromatic nitrogens is 4. The SMILES string of the molecule is CCn1c(SCC(=O)Nc2ccc(Cl)cn2)nnc1-c1csc(C)c1C. The molecule has 0 saturated heterocycles. The molecule has 0 aromatic carbocycles. The van der Waals surface area contributed by atoms with Gasteiger partial charge in [-0.1, -0.05) is 23.4 Å². The second-order valence-corrected chi connectivity index (χ2v) is 8.04. The molecule has 0 unspecified atom stereocenters. The number of carbonyl (C=O) groups is 1. The van der Waals surface area contributed by atoms with Crippen molar-refractivity contribution in [2.75, 3.05) is 11.1 Å². The van der Waals surface area contributed by atoms with Crippen LogP contribution in [0.2, 0.25) is 5.02 Å². The Hall–Kier alpha value is -1.90. The van der Waals surface area contributed by atoms with Gasteiger partial charge >= 0.3 is 0 Å². The molecule has 0 radical (unpaired) electrons. The van der Waals surface area contributed by atoms with Crippen LogP contribution in [0.3, 0.4) is 0 Å². The summed E-state index contributed by atoms with van der Waals surface area (Å²) in [6, 6.07) is 3.35. The molecule has 6 nitrogen and oxygen atoms in total. The molecule has 136 valence electrons. The Bertz CT molecular complexity index is 920. The molecule has 1 N–H and O–H groups in total. The number of nitrogens with one attached hydrogen (secondary N) is 1. The quantitative estimate of drug-likeness (QED) is 0.612. The number of hydrogen-bond donors (Lipinski definition) is 1. The van der Waals surface area contributed by atoms with Crippen molar-refractivity contribution in [3.8, 4) is 11.4 Å². The summed E-state index contributed by atoms with van der Waals surface area (Å²) in [5.74, 6) is 1.39. The maximum absolute atomic E-state index is 12.1. The van der Waals surface area contributed by atoms with Crippen molar-refractivity contribution in [2.24, 2.45) is 0 Å². The maximum Gasteiger partial charge on any atom is 0.236 e. The van der Waals surface area contributed by atoms with Gasteiger partial charge in [0.25, 0.3) is 0 Å². The van der Waals surface area contributed by atoms with Gasteiger partial charge in [0.2, 0.25) is 5.91 Å². The number of amides is 1. The van der Waals surface area contributed by atoms with E-state index in [0.717, 1.165) is 23.1 Å². The van der Waals surface area contributed by atoms with Crippen molar-refractivity contribution >= 4 is 46.4 Å². The molecule has 0 atom stereocenters. The van der Waals surface area contributed by atoms with E-state index in [1.165, 1.54) is 28.4 Å². The first-order valence-electron chi connectivity index (χ1n) is 8.02. The number of pyridine rings is 1. The maximum atomic E-state index is 12.1. The van der Waals surface area contributed by atoms with Crippen molar-refractivity contribution < 1.29 is 4.79 Å². The minimum absolute atomic E-state index is 0.153. The Kier molecular flexibility index (Phi) is 5.95. The number of rotatable bonds is 6. The lowest BCUT2D eigenvalue weighted by molar-refractivity contribution is -0.113. The van der Waals surface area contributed by atoms with Crippen molar-refractivity contribution in [1.29, 1.82) is 0 Å². The van der Waals surface area contributed by atoms with Crippen LogP contribution in [0.15, 0.2) is 28.9 Å². The second-order valence-electron chi connectivity index (χ2n) is 5.58. The van der Waals surface area contributed by atoms with E-state index in [2.05, 4.69) is 39.7 Å². The van der Waals surface area contributed by atoms with E-state index in [0.29, 0.717) is 10.8 Å². The summed E-state index contributed by atoms with van der Waals surface area (Å²) in [4.78, 5) is 17.5. The van der Waals surface area contributed by atoms with Gasteiger partial charge in [-0.25, -0.2) is 4.98 Å². The molecule has 0 aliphatic carbocycles. The van der Waals surface area contributed by atoms with Gasteiger partial charge in [-0.3, -0.25) is 4.79 Å². The first-order chi connectivity index (χ1) is 12.5. The highest BCUT2D eigenvalue weighted by Crippen LogP contribution is 2.31. The average molecular weight is 408 g/mol. The summed E-state index contributed by atoms with van der Waals surface area (Å²) >= 11 is 8.86. The lowest BCUT2D eigenvalue weighted by Crippen LogP contribution is -2.15. The zero-order chi connectivity index (χ0) is 18.7. The highest BCUT2D eigenvalue weighted by molar-refractivity contribution is 7.99. The van der Waals surface area contributed by atoms with E-state index in [9.17, 15) is 4.79 Å². The number of hydrogen-bond acceptors (Lipinski definition) is 6. The monoisotopic (exact) mass is 407 g/mol. The highest BCUT2D eigenvalue weighted by Gasteiger charge is 2.17. The third kappa shape index (κ3) is 4.08. The van der Waals surface area contributed by atoms with Crippen LogP contribution in [0.25, 0.3) is 11.4 Å². The Morgan fingerprint density at radius 1 is 1.35 bits per heavy atom. The van der Waals surface area contributed by atoms with Gasteiger partial charge in [-0.2, -0.15) is 0 Å². The third-order valence-electron chi connectivity index (χ3n) is 3.89. The van der Waals surface area contributed by atoms with Gasteiger partial charge in [0.1, 0.15) is 5.82 Å². The number of aryl methyl sites for hydroxylation is 1. The summed E-state index contributed by atoms with van der Waals surface area (Å²) in [6.07, 6.45) is 1.50.